The van der Waals surface area contributed by atoms with Crippen LogP contribution in [0.15, 0.2) is 18.2 Å². The van der Waals surface area contributed by atoms with Gasteiger partial charge in [-0.3, -0.25) is 0 Å². The molecule has 2 aliphatic carbocycles. The van der Waals surface area contributed by atoms with E-state index in [2.05, 4.69) is 18.2 Å². The third-order valence-corrected chi connectivity index (χ3v) is 5.24. The van der Waals surface area contributed by atoms with Crippen molar-refractivity contribution in [1.82, 2.24) is 0 Å². The van der Waals surface area contributed by atoms with E-state index in [1.165, 1.54) is 36.8 Å². The molecule has 0 bridgehead atoms. The molecule has 1 aromatic carbocycles. The third kappa shape index (κ3) is 1.58. The lowest BCUT2D eigenvalue weighted by Crippen LogP contribution is -2.14. The fraction of sp³-hybridized carbons (Fsp3) is 0.625. The summed E-state index contributed by atoms with van der Waals surface area (Å²) < 4.78 is 5.56. The average Bonchev–Trinajstić information content (AvgIpc) is 2.95. The van der Waals surface area contributed by atoms with Crippen molar-refractivity contribution in [3.8, 4) is 5.75 Å². The minimum Gasteiger partial charge on any atom is -0.493 e. The first-order valence-corrected chi connectivity index (χ1v) is 7.36. The van der Waals surface area contributed by atoms with Crippen LogP contribution in [0.5, 0.6) is 5.75 Å². The number of hydrogen-bond acceptors (Lipinski definition) is 2. The van der Waals surface area contributed by atoms with E-state index in [-0.39, 0.29) is 6.04 Å². The molecule has 2 fully saturated rings. The summed E-state index contributed by atoms with van der Waals surface area (Å²) >= 11 is 0. The highest BCUT2D eigenvalue weighted by Crippen LogP contribution is 2.59. The first-order chi connectivity index (χ1) is 8.84. The van der Waals surface area contributed by atoms with Crippen LogP contribution in [0.3, 0.4) is 0 Å². The molecule has 0 spiro atoms. The monoisotopic (exact) mass is 243 g/mol. The highest BCUT2D eigenvalue weighted by Gasteiger charge is 2.53. The molecule has 3 unspecified atom stereocenters. The van der Waals surface area contributed by atoms with Crippen molar-refractivity contribution in [1.29, 1.82) is 0 Å². The molecule has 0 amide bonds. The van der Waals surface area contributed by atoms with Crippen molar-refractivity contribution in [2.75, 3.05) is 6.61 Å². The molecule has 4 rings (SSSR count). The topological polar surface area (TPSA) is 35.2 Å². The quantitative estimate of drug-likeness (QED) is 0.866. The molecular weight excluding hydrogens is 222 g/mol. The molecule has 2 saturated carbocycles. The average molecular weight is 243 g/mol. The lowest BCUT2D eigenvalue weighted by Gasteiger charge is -2.13. The molecule has 1 heterocycles. The van der Waals surface area contributed by atoms with Gasteiger partial charge in [0.25, 0.3) is 0 Å². The van der Waals surface area contributed by atoms with E-state index >= 15 is 0 Å². The van der Waals surface area contributed by atoms with E-state index < -0.39 is 0 Å². The number of ether oxygens (including phenoxy) is 1. The Morgan fingerprint density at radius 3 is 2.72 bits per heavy atom. The van der Waals surface area contributed by atoms with Crippen molar-refractivity contribution in [3.63, 3.8) is 0 Å². The van der Waals surface area contributed by atoms with Crippen molar-refractivity contribution < 1.29 is 4.74 Å². The van der Waals surface area contributed by atoms with Crippen LogP contribution < -0.4 is 10.5 Å². The summed E-state index contributed by atoms with van der Waals surface area (Å²) in [5, 5.41) is 0. The number of nitrogens with two attached hydrogens (primary N) is 1. The van der Waals surface area contributed by atoms with Crippen molar-refractivity contribution in [2.45, 2.75) is 38.1 Å². The molecule has 3 aliphatic rings. The fourth-order valence-corrected chi connectivity index (χ4v) is 4.22. The van der Waals surface area contributed by atoms with Crippen LogP contribution in [-0.4, -0.2) is 6.61 Å². The Morgan fingerprint density at radius 1 is 1.17 bits per heavy atom. The number of hydrogen-bond donors (Lipinski definition) is 1. The highest BCUT2D eigenvalue weighted by molar-refractivity contribution is 5.41. The summed E-state index contributed by atoms with van der Waals surface area (Å²) in [5.41, 5.74) is 9.20. The summed E-state index contributed by atoms with van der Waals surface area (Å²) in [6, 6.07) is 6.84. The van der Waals surface area contributed by atoms with Crippen LogP contribution in [0.1, 0.15) is 42.9 Å². The predicted octanol–water partition coefficient (Wildman–Crippen LogP) is 3.06. The Kier molecular flexibility index (Phi) is 2.41. The standard InChI is InChI=1S/C16H21NO/c17-16(15-12-3-1-2-4-13(12)15)11-5-6-14-10(9-11)7-8-18-14/h5-6,9,12-13,15-16H,1-4,7-8,17H2. The fourth-order valence-electron chi connectivity index (χ4n) is 4.22. The van der Waals surface area contributed by atoms with Gasteiger partial charge in [-0.05, 0) is 47.8 Å². The zero-order chi connectivity index (χ0) is 12.1. The summed E-state index contributed by atoms with van der Waals surface area (Å²) in [4.78, 5) is 0. The maximum Gasteiger partial charge on any atom is 0.122 e. The maximum absolute atomic E-state index is 6.51. The molecule has 96 valence electrons. The van der Waals surface area contributed by atoms with E-state index in [9.17, 15) is 0 Å². The van der Waals surface area contributed by atoms with Gasteiger partial charge < -0.3 is 10.5 Å². The normalized spacial score (nSPS) is 34.4. The summed E-state index contributed by atoms with van der Waals surface area (Å²) in [6.45, 7) is 0.836. The van der Waals surface area contributed by atoms with Gasteiger partial charge >= 0.3 is 0 Å². The van der Waals surface area contributed by atoms with Crippen LogP contribution in [0.2, 0.25) is 0 Å². The van der Waals surface area contributed by atoms with E-state index in [1.807, 2.05) is 0 Å². The van der Waals surface area contributed by atoms with E-state index in [4.69, 9.17) is 10.5 Å². The first-order valence-electron chi connectivity index (χ1n) is 7.36. The summed E-state index contributed by atoms with van der Waals surface area (Å²) in [6.07, 6.45) is 6.71. The number of fused-ring (bicyclic) bond motifs is 2. The molecule has 0 aromatic heterocycles. The molecule has 3 atom stereocenters. The zero-order valence-corrected chi connectivity index (χ0v) is 10.8. The minimum absolute atomic E-state index is 0.254. The van der Waals surface area contributed by atoms with E-state index in [0.29, 0.717) is 0 Å². The van der Waals surface area contributed by atoms with Crippen molar-refractivity contribution >= 4 is 0 Å². The Bertz CT molecular complexity index is 458. The van der Waals surface area contributed by atoms with Gasteiger partial charge in [0.1, 0.15) is 5.75 Å². The second-order valence-corrected chi connectivity index (χ2v) is 6.18. The smallest absolute Gasteiger partial charge is 0.122 e. The van der Waals surface area contributed by atoms with Crippen LogP contribution in [0.4, 0.5) is 0 Å². The largest absolute Gasteiger partial charge is 0.493 e. The van der Waals surface area contributed by atoms with Crippen LogP contribution in [-0.2, 0) is 6.42 Å². The van der Waals surface area contributed by atoms with Gasteiger partial charge in [0.2, 0.25) is 0 Å². The molecule has 18 heavy (non-hydrogen) atoms. The zero-order valence-electron chi connectivity index (χ0n) is 10.8. The second-order valence-electron chi connectivity index (χ2n) is 6.18. The van der Waals surface area contributed by atoms with Crippen molar-refractivity contribution in [2.24, 2.45) is 23.5 Å². The summed E-state index contributed by atoms with van der Waals surface area (Å²) in [7, 11) is 0. The third-order valence-electron chi connectivity index (χ3n) is 5.24. The molecule has 2 N–H and O–H groups in total. The van der Waals surface area contributed by atoms with E-state index in [1.54, 1.807) is 0 Å². The summed E-state index contributed by atoms with van der Waals surface area (Å²) in [5.74, 6) is 3.68. The highest BCUT2D eigenvalue weighted by atomic mass is 16.5. The Morgan fingerprint density at radius 2 is 1.94 bits per heavy atom. The number of rotatable bonds is 2. The molecule has 0 saturated heterocycles. The lowest BCUT2D eigenvalue weighted by molar-refractivity contribution is 0.356. The van der Waals surface area contributed by atoms with Gasteiger partial charge in [-0.15, -0.1) is 0 Å². The maximum atomic E-state index is 6.51. The predicted molar refractivity (Wildman–Crippen MR) is 71.5 cm³/mol. The number of benzene rings is 1. The van der Waals surface area contributed by atoms with E-state index in [0.717, 1.165) is 36.5 Å². The Balaban J connectivity index is 1.56. The molecular formula is C16H21NO. The van der Waals surface area contributed by atoms with Gasteiger partial charge in [0, 0.05) is 12.5 Å². The SMILES string of the molecule is NC(c1ccc2c(c1)CCO2)C1C2CCCCC21. The lowest BCUT2D eigenvalue weighted by atomic mass is 9.98. The van der Waals surface area contributed by atoms with Gasteiger partial charge in [-0.2, -0.15) is 0 Å². The van der Waals surface area contributed by atoms with Crippen LogP contribution in [0, 0.1) is 17.8 Å². The van der Waals surface area contributed by atoms with Gasteiger partial charge in [0.05, 0.1) is 6.61 Å². The molecule has 0 radical (unpaired) electrons. The van der Waals surface area contributed by atoms with Crippen LogP contribution >= 0.6 is 0 Å². The second kappa shape index (κ2) is 3.99. The minimum atomic E-state index is 0.254. The van der Waals surface area contributed by atoms with Gasteiger partial charge in [0.15, 0.2) is 0 Å². The van der Waals surface area contributed by atoms with Crippen molar-refractivity contribution in [3.05, 3.63) is 29.3 Å². The first kappa shape index (κ1) is 10.9. The Labute approximate surface area is 109 Å². The molecule has 2 nitrogen and oxygen atoms in total. The Hall–Kier alpha value is -1.02. The molecule has 1 aliphatic heterocycles. The van der Waals surface area contributed by atoms with Crippen LogP contribution in [0.25, 0.3) is 0 Å². The molecule has 1 aromatic rings. The molecule has 2 heteroatoms. The van der Waals surface area contributed by atoms with Gasteiger partial charge in [-0.1, -0.05) is 25.0 Å². The van der Waals surface area contributed by atoms with Gasteiger partial charge in [-0.25, -0.2) is 0 Å².